The van der Waals surface area contributed by atoms with Crippen LogP contribution in [-0.4, -0.2) is 32.7 Å². The SMILES string of the molecule is CCC[C@@H](NC(=O)COC(=O)/C=C/c1ccc(OC)c(OC)c1)c1ccccc1. The van der Waals surface area contributed by atoms with Gasteiger partial charge in [0.25, 0.3) is 5.91 Å². The molecular weight excluding hydrogens is 370 g/mol. The average Bonchev–Trinajstić information content (AvgIpc) is 2.76. The predicted octanol–water partition coefficient (Wildman–Crippen LogP) is 3.92. The highest BCUT2D eigenvalue weighted by molar-refractivity contribution is 5.89. The van der Waals surface area contributed by atoms with Gasteiger partial charge in [-0.25, -0.2) is 4.79 Å². The van der Waals surface area contributed by atoms with Crippen molar-refractivity contribution in [2.75, 3.05) is 20.8 Å². The summed E-state index contributed by atoms with van der Waals surface area (Å²) in [5.41, 5.74) is 1.78. The molecule has 6 nitrogen and oxygen atoms in total. The molecule has 6 heteroatoms. The van der Waals surface area contributed by atoms with E-state index in [1.54, 1.807) is 38.5 Å². The molecule has 2 rings (SSSR count). The number of nitrogens with one attached hydrogen (secondary N) is 1. The van der Waals surface area contributed by atoms with Gasteiger partial charge in [0.15, 0.2) is 18.1 Å². The monoisotopic (exact) mass is 397 g/mol. The van der Waals surface area contributed by atoms with Crippen LogP contribution in [0.1, 0.15) is 36.9 Å². The van der Waals surface area contributed by atoms with E-state index in [1.807, 2.05) is 30.3 Å². The summed E-state index contributed by atoms with van der Waals surface area (Å²) in [6.07, 6.45) is 4.60. The number of amides is 1. The van der Waals surface area contributed by atoms with Gasteiger partial charge in [0.05, 0.1) is 20.3 Å². The fraction of sp³-hybridized carbons (Fsp3) is 0.304. The Kier molecular flexibility index (Phi) is 8.76. The molecule has 154 valence electrons. The molecule has 1 N–H and O–H groups in total. The lowest BCUT2D eigenvalue weighted by Gasteiger charge is -2.18. The van der Waals surface area contributed by atoms with Crippen LogP contribution < -0.4 is 14.8 Å². The summed E-state index contributed by atoms with van der Waals surface area (Å²) in [6, 6.07) is 14.9. The summed E-state index contributed by atoms with van der Waals surface area (Å²) < 4.78 is 15.5. The van der Waals surface area contributed by atoms with Crippen LogP contribution in [0, 0.1) is 0 Å². The first kappa shape index (κ1) is 22.0. The van der Waals surface area contributed by atoms with Crippen molar-refractivity contribution in [3.63, 3.8) is 0 Å². The van der Waals surface area contributed by atoms with Gasteiger partial charge in [0.2, 0.25) is 0 Å². The van der Waals surface area contributed by atoms with E-state index in [0.717, 1.165) is 24.0 Å². The molecule has 0 bridgehead atoms. The standard InChI is InChI=1S/C23H27NO5/c1-4-8-19(18-9-6-5-7-10-18)24-22(25)16-29-23(26)14-12-17-11-13-20(27-2)21(15-17)28-3/h5-7,9-15,19H,4,8,16H2,1-3H3,(H,24,25)/b14-12+/t19-/m1/s1. The maximum atomic E-state index is 12.2. The number of hydrogen-bond acceptors (Lipinski definition) is 5. The van der Waals surface area contributed by atoms with E-state index in [1.165, 1.54) is 6.08 Å². The van der Waals surface area contributed by atoms with Crippen LogP contribution >= 0.6 is 0 Å². The third-order valence-electron chi connectivity index (χ3n) is 4.28. The van der Waals surface area contributed by atoms with Gasteiger partial charge in [-0.2, -0.15) is 0 Å². The summed E-state index contributed by atoms with van der Waals surface area (Å²) in [5, 5.41) is 2.92. The van der Waals surface area contributed by atoms with Gasteiger partial charge in [-0.1, -0.05) is 49.7 Å². The van der Waals surface area contributed by atoms with E-state index in [-0.39, 0.29) is 18.6 Å². The molecule has 0 saturated carbocycles. The molecule has 0 spiro atoms. The first-order valence-electron chi connectivity index (χ1n) is 9.48. The molecule has 1 atom stereocenters. The smallest absolute Gasteiger partial charge is 0.331 e. The lowest BCUT2D eigenvalue weighted by atomic mass is 10.0. The van der Waals surface area contributed by atoms with Crippen LogP contribution in [0.15, 0.2) is 54.6 Å². The Bertz CT molecular complexity index is 832. The number of methoxy groups -OCH3 is 2. The minimum absolute atomic E-state index is 0.102. The fourth-order valence-electron chi connectivity index (χ4n) is 2.84. The zero-order valence-corrected chi connectivity index (χ0v) is 17.0. The second-order valence-electron chi connectivity index (χ2n) is 6.37. The number of rotatable bonds is 10. The molecule has 0 aliphatic rings. The number of ether oxygens (including phenoxy) is 3. The molecule has 2 aromatic carbocycles. The van der Waals surface area contributed by atoms with E-state index in [0.29, 0.717) is 11.5 Å². The summed E-state index contributed by atoms with van der Waals surface area (Å²) >= 11 is 0. The highest BCUT2D eigenvalue weighted by Gasteiger charge is 2.14. The summed E-state index contributed by atoms with van der Waals surface area (Å²) in [7, 11) is 3.10. The third kappa shape index (κ3) is 6.99. The van der Waals surface area contributed by atoms with Gasteiger partial charge in [-0.15, -0.1) is 0 Å². The van der Waals surface area contributed by atoms with Gasteiger partial charge in [-0.05, 0) is 35.8 Å². The number of carbonyl (C=O) groups excluding carboxylic acids is 2. The van der Waals surface area contributed by atoms with Gasteiger partial charge in [0, 0.05) is 6.08 Å². The Morgan fingerprint density at radius 2 is 1.76 bits per heavy atom. The first-order valence-corrected chi connectivity index (χ1v) is 9.48. The Hall–Kier alpha value is -3.28. The number of esters is 1. The third-order valence-corrected chi connectivity index (χ3v) is 4.28. The Balaban J connectivity index is 1.88. The van der Waals surface area contributed by atoms with Crippen molar-refractivity contribution in [3.05, 3.63) is 65.7 Å². The zero-order chi connectivity index (χ0) is 21.1. The molecule has 0 aliphatic carbocycles. The lowest BCUT2D eigenvalue weighted by Crippen LogP contribution is -2.32. The van der Waals surface area contributed by atoms with Crippen molar-refractivity contribution >= 4 is 18.0 Å². The van der Waals surface area contributed by atoms with Gasteiger partial charge < -0.3 is 19.5 Å². The minimum Gasteiger partial charge on any atom is -0.493 e. The number of carbonyl (C=O) groups is 2. The zero-order valence-electron chi connectivity index (χ0n) is 17.0. The molecule has 2 aromatic rings. The summed E-state index contributed by atoms with van der Waals surface area (Å²) in [5.74, 6) is 0.232. The van der Waals surface area contributed by atoms with Gasteiger partial charge in [-0.3, -0.25) is 4.79 Å². The normalized spacial score (nSPS) is 11.7. The number of benzene rings is 2. The molecule has 1 amide bonds. The molecule has 29 heavy (non-hydrogen) atoms. The highest BCUT2D eigenvalue weighted by Crippen LogP contribution is 2.28. The van der Waals surface area contributed by atoms with Gasteiger partial charge >= 0.3 is 5.97 Å². The Morgan fingerprint density at radius 1 is 1.03 bits per heavy atom. The second-order valence-corrected chi connectivity index (χ2v) is 6.37. The van der Waals surface area contributed by atoms with E-state index < -0.39 is 5.97 Å². The Labute approximate surface area is 171 Å². The maximum Gasteiger partial charge on any atom is 0.331 e. The van der Waals surface area contributed by atoms with Crippen molar-refractivity contribution in [2.24, 2.45) is 0 Å². The van der Waals surface area contributed by atoms with Crippen molar-refractivity contribution in [1.29, 1.82) is 0 Å². The van der Waals surface area contributed by atoms with Gasteiger partial charge in [0.1, 0.15) is 0 Å². The quantitative estimate of drug-likeness (QED) is 0.486. The fourth-order valence-corrected chi connectivity index (χ4v) is 2.84. The van der Waals surface area contributed by atoms with E-state index in [9.17, 15) is 9.59 Å². The number of hydrogen-bond donors (Lipinski definition) is 1. The molecule has 0 unspecified atom stereocenters. The second kappa shape index (κ2) is 11.5. The van der Waals surface area contributed by atoms with Crippen LogP contribution in [-0.2, 0) is 14.3 Å². The van der Waals surface area contributed by atoms with E-state index >= 15 is 0 Å². The van der Waals surface area contributed by atoms with Crippen molar-refractivity contribution in [2.45, 2.75) is 25.8 Å². The van der Waals surface area contributed by atoms with Crippen LogP contribution in [0.5, 0.6) is 11.5 Å². The minimum atomic E-state index is -0.596. The van der Waals surface area contributed by atoms with E-state index in [4.69, 9.17) is 14.2 Å². The Morgan fingerprint density at radius 3 is 2.41 bits per heavy atom. The predicted molar refractivity (Wildman–Crippen MR) is 112 cm³/mol. The van der Waals surface area contributed by atoms with Crippen LogP contribution in [0.3, 0.4) is 0 Å². The lowest BCUT2D eigenvalue weighted by molar-refractivity contribution is -0.144. The molecule has 0 radical (unpaired) electrons. The van der Waals surface area contributed by atoms with Crippen molar-refractivity contribution in [1.82, 2.24) is 5.32 Å². The highest BCUT2D eigenvalue weighted by atomic mass is 16.5. The van der Waals surface area contributed by atoms with Crippen LogP contribution in [0.2, 0.25) is 0 Å². The topological polar surface area (TPSA) is 73.9 Å². The summed E-state index contributed by atoms with van der Waals surface area (Å²) in [4.78, 5) is 24.1. The first-order chi connectivity index (χ1) is 14.1. The maximum absolute atomic E-state index is 12.2. The molecule has 0 heterocycles. The van der Waals surface area contributed by atoms with Crippen molar-refractivity contribution < 1.29 is 23.8 Å². The molecule has 0 aliphatic heterocycles. The van der Waals surface area contributed by atoms with Crippen LogP contribution in [0.4, 0.5) is 0 Å². The molecule has 0 saturated heterocycles. The summed E-state index contributed by atoms with van der Waals surface area (Å²) in [6.45, 7) is 1.73. The van der Waals surface area contributed by atoms with E-state index in [2.05, 4.69) is 12.2 Å². The van der Waals surface area contributed by atoms with Crippen molar-refractivity contribution in [3.8, 4) is 11.5 Å². The average molecular weight is 397 g/mol. The molecular formula is C23H27NO5. The van der Waals surface area contributed by atoms with Crippen LogP contribution in [0.25, 0.3) is 6.08 Å². The molecule has 0 aromatic heterocycles. The molecule has 0 fully saturated rings. The largest absolute Gasteiger partial charge is 0.493 e.